The van der Waals surface area contributed by atoms with Gasteiger partial charge in [0, 0.05) is 19.6 Å². The van der Waals surface area contributed by atoms with Gasteiger partial charge in [0.05, 0.1) is 6.54 Å². The highest BCUT2D eigenvalue weighted by Crippen LogP contribution is 2.44. The number of likely N-dealkylation sites (tertiary alicyclic amines) is 2. The molecule has 0 unspecified atom stereocenters. The maximum absolute atomic E-state index is 5.96. The maximum Gasteiger partial charge on any atom is 0.191 e. The smallest absolute Gasteiger partial charge is 0.191 e. The van der Waals surface area contributed by atoms with Gasteiger partial charge in [-0.25, -0.2) is 0 Å². The molecule has 2 N–H and O–H groups in total. The summed E-state index contributed by atoms with van der Waals surface area (Å²) in [6.07, 6.45) is 11.5. The van der Waals surface area contributed by atoms with Crippen LogP contribution in [-0.2, 0) is 0 Å². The van der Waals surface area contributed by atoms with Crippen LogP contribution in [0.4, 0.5) is 0 Å². The quantitative estimate of drug-likeness (QED) is 0.635. The molecule has 2 aliphatic heterocycles. The van der Waals surface area contributed by atoms with E-state index in [1.165, 1.54) is 64.5 Å². The molecule has 0 aromatic heterocycles. The number of aliphatic imine (C=N–C) groups is 1. The van der Waals surface area contributed by atoms with Crippen LogP contribution in [0.5, 0.6) is 0 Å². The zero-order chi connectivity index (χ0) is 13.8. The molecule has 1 saturated carbocycles. The molecule has 0 amide bonds. The third-order valence-electron chi connectivity index (χ3n) is 5.70. The van der Waals surface area contributed by atoms with E-state index in [0.717, 1.165) is 32.1 Å². The summed E-state index contributed by atoms with van der Waals surface area (Å²) in [5.41, 5.74) is 6.68. The third-order valence-corrected chi connectivity index (χ3v) is 5.70. The summed E-state index contributed by atoms with van der Waals surface area (Å²) in [5.74, 6) is 0.761. The van der Waals surface area contributed by atoms with Gasteiger partial charge in [-0.05, 0) is 50.6 Å². The Bertz CT molecular complexity index is 332. The van der Waals surface area contributed by atoms with Crippen molar-refractivity contribution >= 4 is 5.96 Å². The number of piperidine rings is 1. The molecule has 0 aromatic carbocycles. The number of hydrogen-bond donors (Lipinski definition) is 1. The first-order valence-electron chi connectivity index (χ1n) is 8.55. The molecule has 4 heteroatoms. The van der Waals surface area contributed by atoms with Crippen molar-refractivity contribution in [1.29, 1.82) is 0 Å². The molecule has 2 saturated heterocycles. The fourth-order valence-corrected chi connectivity index (χ4v) is 4.00. The molecule has 4 nitrogen and oxygen atoms in total. The van der Waals surface area contributed by atoms with Crippen molar-refractivity contribution in [3.63, 3.8) is 0 Å². The molecular formula is C16H30N4. The molecule has 3 fully saturated rings. The van der Waals surface area contributed by atoms with E-state index >= 15 is 0 Å². The zero-order valence-corrected chi connectivity index (χ0v) is 12.8. The van der Waals surface area contributed by atoms with E-state index in [1.54, 1.807) is 0 Å². The summed E-state index contributed by atoms with van der Waals surface area (Å²) >= 11 is 0. The SMILES string of the molecule is NC(=NCCN1CCC2(CCCCC2)CC1)N1CCC1. The Morgan fingerprint density at radius 3 is 2.20 bits per heavy atom. The predicted octanol–water partition coefficient (Wildman–Crippen LogP) is 2.05. The van der Waals surface area contributed by atoms with Crippen LogP contribution in [0.25, 0.3) is 0 Å². The van der Waals surface area contributed by atoms with Gasteiger partial charge in [-0.1, -0.05) is 19.3 Å². The van der Waals surface area contributed by atoms with E-state index in [4.69, 9.17) is 5.73 Å². The molecule has 0 bridgehead atoms. The van der Waals surface area contributed by atoms with Crippen LogP contribution in [0.1, 0.15) is 51.4 Å². The van der Waals surface area contributed by atoms with Crippen LogP contribution in [-0.4, -0.2) is 55.0 Å². The molecular weight excluding hydrogens is 248 g/mol. The normalized spacial score (nSPS) is 27.6. The second-order valence-corrected chi connectivity index (χ2v) is 6.98. The Labute approximate surface area is 123 Å². The summed E-state index contributed by atoms with van der Waals surface area (Å²) in [4.78, 5) is 9.29. The average Bonchev–Trinajstić information content (AvgIpc) is 2.40. The summed E-state index contributed by atoms with van der Waals surface area (Å²) in [7, 11) is 0. The molecule has 114 valence electrons. The molecule has 1 aliphatic carbocycles. The summed E-state index contributed by atoms with van der Waals surface area (Å²) in [5, 5.41) is 0. The average molecular weight is 278 g/mol. The first-order chi connectivity index (χ1) is 9.77. The van der Waals surface area contributed by atoms with Crippen LogP contribution in [0.2, 0.25) is 0 Å². The van der Waals surface area contributed by atoms with Gasteiger partial charge in [0.25, 0.3) is 0 Å². The molecule has 20 heavy (non-hydrogen) atoms. The molecule has 3 aliphatic rings. The van der Waals surface area contributed by atoms with Gasteiger partial charge in [0.2, 0.25) is 0 Å². The predicted molar refractivity (Wildman–Crippen MR) is 83.9 cm³/mol. The van der Waals surface area contributed by atoms with Crippen molar-refractivity contribution in [3.8, 4) is 0 Å². The second-order valence-electron chi connectivity index (χ2n) is 6.98. The second kappa shape index (κ2) is 6.33. The highest BCUT2D eigenvalue weighted by Gasteiger charge is 2.35. The molecule has 2 heterocycles. The lowest BCUT2D eigenvalue weighted by Gasteiger charge is -2.44. The van der Waals surface area contributed by atoms with E-state index in [2.05, 4.69) is 14.8 Å². The molecule has 0 atom stereocenters. The van der Waals surface area contributed by atoms with Crippen molar-refractivity contribution in [1.82, 2.24) is 9.80 Å². The molecule has 0 radical (unpaired) electrons. The van der Waals surface area contributed by atoms with Crippen LogP contribution >= 0.6 is 0 Å². The van der Waals surface area contributed by atoms with Crippen LogP contribution in [0, 0.1) is 5.41 Å². The minimum atomic E-state index is 0.717. The Balaban J connectivity index is 1.38. The van der Waals surface area contributed by atoms with Crippen LogP contribution in [0.3, 0.4) is 0 Å². The first-order valence-corrected chi connectivity index (χ1v) is 8.55. The molecule has 1 spiro atoms. The Morgan fingerprint density at radius 2 is 1.60 bits per heavy atom. The van der Waals surface area contributed by atoms with Gasteiger partial charge >= 0.3 is 0 Å². The van der Waals surface area contributed by atoms with Gasteiger partial charge < -0.3 is 15.5 Å². The Morgan fingerprint density at radius 1 is 0.900 bits per heavy atom. The Hall–Kier alpha value is -0.770. The van der Waals surface area contributed by atoms with Crippen molar-refractivity contribution in [3.05, 3.63) is 0 Å². The summed E-state index contributed by atoms with van der Waals surface area (Å²) < 4.78 is 0. The van der Waals surface area contributed by atoms with E-state index < -0.39 is 0 Å². The lowest BCUT2D eigenvalue weighted by atomic mass is 9.68. The maximum atomic E-state index is 5.96. The monoisotopic (exact) mass is 278 g/mol. The van der Waals surface area contributed by atoms with Crippen LogP contribution < -0.4 is 5.73 Å². The Kier molecular flexibility index (Phi) is 4.49. The van der Waals surface area contributed by atoms with Crippen LogP contribution in [0.15, 0.2) is 4.99 Å². The molecule has 3 rings (SSSR count). The fraction of sp³-hybridized carbons (Fsp3) is 0.938. The van der Waals surface area contributed by atoms with Gasteiger partial charge in [-0.3, -0.25) is 4.99 Å². The largest absolute Gasteiger partial charge is 0.370 e. The first kappa shape index (κ1) is 14.2. The van der Waals surface area contributed by atoms with E-state index in [0.29, 0.717) is 5.41 Å². The third kappa shape index (κ3) is 3.27. The van der Waals surface area contributed by atoms with E-state index in [9.17, 15) is 0 Å². The lowest BCUT2D eigenvalue weighted by molar-refractivity contribution is 0.0694. The number of nitrogens with two attached hydrogens (primary N) is 1. The topological polar surface area (TPSA) is 44.9 Å². The van der Waals surface area contributed by atoms with E-state index in [-0.39, 0.29) is 0 Å². The zero-order valence-electron chi connectivity index (χ0n) is 12.8. The lowest BCUT2D eigenvalue weighted by Crippen LogP contribution is -2.47. The number of nitrogens with zero attached hydrogens (tertiary/aromatic N) is 3. The fourth-order valence-electron chi connectivity index (χ4n) is 4.00. The van der Waals surface area contributed by atoms with Gasteiger partial charge in [-0.2, -0.15) is 0 Å². The summed E-state index contributed by atoms with van der Waals surface area (Å²) in [6.45, 7) is 6.71. The summed E-state index contributed by atoms with van der Waals surface area (Å²) in [6, 6.07) is 0. The van der Waals surface area contributed by atoms with Gasteiger partial charge in [0.15, 0.2) is 5.96 Å². The van der Waals surface area contributed by atoms with E-state index in [1.807, 2.05) is 0 Å². The molecule has 0 aromatic rings. The minimum Gasteiger partial charge on any atom is -0.370 e. The van der Waals surface area contributed by atoms with Gasteiger partial charge in [0.1, 0.15) is 0 Å². The number of guanidine groups is 1. The minimum absolute atomic E-state index is 0.717. The van der Waals surface area contributed by atoms with Crippen molar-refractivity contribution < 1.29 is 0 Å². The highest BCUT2D eigenvalue weighted by atomic mass is 15.3. The van der Waals surface area contributed by atoms with Crippen molar-refractivity contribution in [2.24, 2.45) is 16.1 Å². The highest BCUT2D eigenvalue weighted by molar-refractivity contribution is 5.78. The standard InChI is InChI=1S/C16H30N4/c17-15(20-10-4-11-20)18-9-14-19-12-7-16(8-13-19)5-2-1-3-6-16/h1-14H2,(H2,17,18). The number of hydrogen-bond acceptors (Lipinski definition) is 2. The van der Waals surface area contributed by atoms with Crippen molar-refractivity contribution in [2.45, 2.75) is 51.4 Å². The van der Waals surface area contributed by atoms with Gasteiger partial charge in [-0.15, -0.1) is 0 Å². The number of rotatable bonds is 3. The van der Waals surface area contributed by atoms with Crippen molar-refractivity contribution in [2.75, 3.05) is 39.3 Å².